The van der Waals surface area contributed by atoms with Crippen LogP contribution < -0.4 is 5.32 Å². The van der Waals surface area contributed by atoms with Gasteiger partial charge in [-0.05, 0) is 63.5 Å². The van der Waals surface area contributed by atoms with E-state index < -0.39 is 0 Å². The standard InChI is InChI=1S/C16H27NO/c1-2-10-17-16(15-9-6-11-18-13-15)12-14-7-4-3-5-8-14/h7,13,16-17H,2-6,8-12H2,1H3. The topological polar surface area (TPSA) is 21.3 Å². The van der Waals surface area contributed by atoms with Gasteiger partial charge < -0.3 is 10.1 Å². The van der Waals surface area contributed by atoms with Gasteiger partial charge in [0, 0.05) is 6.04 Å². The van der Waals surface area contributed by atoms with E-state index in [2.05, 4.69) is 18.3 Å². The van der Waals surface area contributed by atoms with E-state index >= 15 is 0 Å². The van der Waals surface area contributed by atoms with E-state index in [1.165, 1.54) is 56.9 Å². The minimum Gasteiger partial charge on any atom is -0.501 e. The third kappa shape index (κ3) is 4.16. The van der Waals surface area contributed by atoms with Crippen molar-refractivity contribution in [3.05, 3.63) is 23.5 Å². The predicted octanol–water partition coefficient (Wildman–Crippen LogP) is 3.94. The lowest BCUT2D eigenvalue weighted by atomic mass is 9.90. The molecule has 2 nitrogen and oxygen atoms in total. The maximum absolute atomic E-state index is 5.51. The van der Waals surface area contributed by atoms with Crippen LogP contribution in [0.5, 0.6) is 0 Å². The Morgan fingerprint density at radius 1 is 1.28 bits per heavy atom. The fraction of sp³-hybridized carbons (Fsp3) is 0.750. The summed E-state index contributed by atoms with van der Waals surface area (Å²) in [7, 11) is 0. The SMILES string of the molecule is CCCNC(CC1=CCCCC1)C1=COCCC1. The number of nitrogens with one attached hydrogen (secondary N) is 1. The fourth-order valence-corrected chi connectivity index (χ4v) is 2.85. The summed E-state index contributed by atoms with van der Waals surface area (Å²) < 4.78 is 5.51. The summed E-state index contributed by atoms with van der Waals surface area (Å²) in [6, 6.07) is 0.509. The number of allylic oxidation sites excluding steroid dienone is 1. The van der Waals surface area contributed by atoms with Gasteiger partial charge >= 0.3 is 0 Å². The van der Waals surface area contributed by atoms with Crippen molar-refractivity contribution >= 4 is 0 Å². The second kappa shape index (κ2) is 7.63. The zero-order chi connectivity index (χ0) is 12.6. The van der Waals surface area contributed by atoms with Gasteiger partial charge in [-0.3, -0.25) is 0 Å². The molecule has 0 aromatic rings. The molecule has 0 aromatic heterocycles. The van der Waals surface area contributed by atoms with Crippen LogP contribution in [0.4, 0.5) is 0 Å². The Morgan fingerprint density at radius 2 is 2.22 bits per heavy atom. The molecule has 0 spiro atoms. The maximum atomic E-state index is 5.51. The number of hydrogen-bond acceptors (Lipinski definition) is 2. The molecule has 1 heterocycles. The summed E-state index contributed by atoms with van der Waals surface area (Å²) in [5.74, 6) is 0. The molecule has 2 rings (SSSR count). The Kier molecular flexibility index (Phi) is 5.79. The van der Waals surface area contributed by atoms with E-state index in [1.807, 2.05) is 6.26 Å². The lowest BCUT2D eigenvalue weighted by Gasteiger charge is -2.26. The van der Waals surface area contributed by atoms with Crippen LogP contribution in [0.2, 0.25) is 0 Å². The third-order valence-electron chi connectivity index (χ3n) is 3.90. The van der Waals surface area contributed by atoms with Crippen molar-refractivity contribution in [1.82, 2.24) is 5.32 Å². The maximum Gasteiger partial charge on any atom is 0.0876 e. The van der Waals surface area contributed by atoms with Crippen LogP contribution >= 0.6 is 0 Å². The van der Waals surface area contributed by atoms with Crippen molar-refractivity contribution in [2.45, 2.75) is 64.3 Å². The summed E-state index contributed by atoms with van der Waals surface area (Å²) in [4.78, 5) is 0. The van der Waals surface area contributed by atoms with Crippen LogP contribution in [0.15, 0.2) is 23.5 Å². The molecular formula is C16H27NO. The normalized spacial score (nSPS) is 21.8. The highest BCUT2D eigenvalue weighted by Gasteiger charge is 2.18. The third-order valence-corrected chi connectivity index (χ3v) is 3.90. The van der Waals surface area contributed by atoms with E-state index in [0.717, 1.165) is 13.2 Å². The molecule has 0 fully saturated rings. The first kappa shape index (κ1) is 13.7. The highest BCUT2D eigenvalue weighted by atomic mass is 16.5. The molecule has 18 heavy (non-hydrogen) atoms. The van der Waals surface area contributed by atoms with E-state index in [4.69, 9.17) is 4.74 Å². The van der Waals surface area contributed by atoms with Crippen molar-refractivity contribution in [3.63, 3.8) is 0 Å². The highest BCUT2D eigenvalue weighted by Crippen LogP contribution is 2.26. The second-order valence-electron chi connectivity index (χ2n) is 5.49. The average Bonchev–Trinajstić information content (AvgIpc) is 2.45. The molecule has 0 aromatic carbocycles. The molecule has 1 aliphatic heterocycles. The molecule has 1 aliphatic carbocycles. The van der Waals surface area contributed by atoms with Crippen LogP contribution in [-0.2, 0) is 4.74 Å². The summed E-state index contributed by atoms with van der Waals surface area (Å²) >= 11 is 0. The Hall–Kier alpha value is -0.760. The Balaban J connectivity index is 1.95. The summed E-state index contributed by atoms with van der Waals surface area (Å²) in [6.45, 7) is 4.23. The average molecular weight is 249 g/mol. The number of hydrogen-bond donors (Lipinski definition) is 1. The molecule has 102 valence electrons. The highest BCUT2D eigenvalue weighted by molar-refractivity contribution is 5.17. The first-order chi connectivity index (χ1) is 8.90. The van der Waals surface area contributed by atoms with Crippen LogP contribution in [-0.4, -0.2) is 19.2 Å². The molecular weight excluding hydrogens is 222 g/mol. The van der Waals surface area contributed by atoms with Crippen molar-refractivity contribution in [3.8, 4) is 0 Å². The molecule has 0 radical (unpaired) electrons. The smallest absolute Gasteiger partial charge is 0.0876 e. The number of ether oxygens (including phenoxy) is 1. The molecule has 0 amide bonds. The van der Waals surface area contributed by atoms with Crippen LogP contribution in [0.25, 0.3) is 0 Å². The van der Waals surface area contributed by atoms with E-state index in [0.29, 0.717) is 6.04 Å². The van der Waals surface area contributed by atoms with Gasteiger partial charge in [-0.1, -0.05) is 18.6 Å². The lowest BCUT2D eigenvalue weighted by molar-refractivity contribution is 0.219. The van der Waals surface area contributed by atoms with E-state index in [1.54, 1.807) is 5.57 Å². The van der Waals surface area contributed by atoms with Crippen LogP contribution in [0, 0.1) is 0 Å². The minimum atomic E-state index is 0.509. The monoisotopic (exact) mass is 249 g/mol. The molecule has 1 unspecified atom stereocenters. The molecule has 2 heteroatoms. The van der Waals surface area contributed by atoms with Gasteiger partial charge in [-0.15, -0.1) is 0 Å². The predicted molar refractivity (Wildman–Crippen MR) is 76.5 cm³/mol. The summed E-state index contributed by atoms with van der Waals surface area (Å²) in [5, 5.41) is 3.70. The van der Waals surface area contributed by atoms with Crippen LogP contribution in [0.3, 0.4) is 0 Å². The molecule has 0 saturated carbocycles. The lowest BCUT2D eigenvalue weighted by Crippen LogP contribution is -2.33. The van der Waals surface area contributed by atoms with Gasteiger partial charge in [0.15, 0.2) is 0 Å². The quantitative estimate of drug-likeness (QED) is 0.720. The Bertz CT molecular complexity index is 306. The zero-order valence-corrected chi connectivity index (χ0v) is 11.7. The first-order valence-electron chi connectivity index (χ1n) is 7.62. The van der Waals surface area contributed by atoms with Crippen molar-refractivity contribution in [1.29, 1.82) is 0 Å². The minimum absolute atomic E-state index is 0.509. The van der Waals surface area contributed by atoms with Gasteiger partial charge in [-0.2, -0.15) is 0 Å². The van der Waals surface area contributed by atoms with Gasteiger partial charge in [-0.25, -0.2) is 0 Å². The first-order valence-corrected chi connectivity index (χ1v) is 7.62. The number of rotatable bonds is 6. The van der Waals surface area contributed by atoms with Crippen molar-refractivity contribution in [2.75, 3.05) is 13.2 Å². The molecule has 0 saturated heterocycles. The second-order valence-corrected chi connectivity index (χ2v) is 5.49. The molecule has 0 bridgehead atoms. The van der Waals surface area contributed by atoms with E-state index in [-0.39, 0.29) is 0 Å². The van der Waals surface area contributed by atoms with Crippen molar-refractivity contribution < 1.29 is 4.74 Å². The van der Waals surface area contributed by atoms with Gasteiger partial charge in [0.2, 0.25) is 0 Å². The van der Waals surface area contributed by atoms with Gasteiger partial charge in [0.25, 0.3) is 0 Å². The summed E-state index contributed by atoms with van der Waals surface area (Å²) in [6.07, 6.45) is 14.6. The zero-order valence-electron chi connectivity index (χ0n) is 11.7. The Labute approximate surface area is 111 Å². The van der Waals surface area contributed by atoms with Gasteiger partial charge in [0.05, 0.1) is 12.9 Å². The molecule has 1 N–H and O–H groups in total. The van der Waals surface area contributed by atoms with Crippen LogP contribution in [0.1, 0.15) is 58.3 Å². The summed E-state index contributed by atoms with van der Waals surface area (Å²) in [5.41, 5.74) is 3.13. The van der Waals surface area contributed by atoms with Crippen molar-refractivity contribution in [2.24, 2.45) is 0 Å². The fourth-order valence-electron chi connectivity index (χ4n) is 2.85. The Morgan fingerprint density at radius 3 is 2.89 bits per heavy atom. The van der Waals surface area contributed by atoms with Gasteiger partial charge in [0.1, 0.15) is 0 Å². The molecule has 2 aliphatic rings. The molecule has 1 atom stereocenters. The van der Waals surface area contributed by atoms with E-state index in [9.17, 15) is 0 Å². The largest absolute Gasteiger partial charge is 0.501 e.